The number of aliphatic hydroxyl groups is 1. The maximum Gasteiger partial charge on any atom is 0.126 e. The van der Waals surface area contributed by atoms with Crippen molar-refractivity contribution < 1.29 is 14.2 Å². The smallest absolute Gasteiger partial charge is 0.126 e. The fourth-order valence-corrected chi connectivity index (χ4v) is 3.24. The minimum Gasteiger partial charge on any atom is -0.487 e. The Balaban J connectivity index is 2.01. The first-order valence-corrected chi connectivity index (χ1v) is 6.27. The molecule has 0 bridgehead atoms. The second kappa shape index (κ2) is 3.70. The number of hydrogen-bond donors (Lipinski definition) is 1. The minimum absolute atomic E-state index is 0.232. The average molecular weight is 236 g/mol. The predicted molar refractivity (Wildman–Crippen MR) is 62.4 cm³/mol. The molecular weight excluding hydrogens is 219 g/mol. The molecule has 1 aromatic rings. The highest BCUT2D eigenvalue weighted by Crippen LogP contribution is 2.49. The molecule has 3 atom stereocenters. The third kappa shape index (κ3) is 1.64. The van der Waals surface area contributed by atoms with Gasteiger partial charge in [-0.3, -0.25) is 0 Å². The Labute approximate surface area is 100 Å². The number of aliphatic hydroxyl groups excluding tert-OH is 1. The second-order valence-corrected chi connectivity index (χ2v) is 5.36. The monoisotopic (exact) mass is 236 g/mol. The molecule has 3 unspecified atom stereocenters. The van der Waals surface area contributed by atoms with Gasteiger partial charge in [0, 0.05) is 12.0 Å². The summed E-state index contributed by atoms with van der Waals surface area (Å²) in [6, 6.07) is 4.41. The Morgan fingerprint density at radius 1 is 1.47 bits per heavy atom. The maximum atomic E-state index is 13.1. The molecule has 3 rings (SSSR count). The van der Waals surface area contributed by atoms with Crippen LogP contribution in [0.25, 0.3) is 0 Å². The molecule has 0 amide bonds. The summed E-state index contributed by atoms with van der Waals surface area (Å²) in [5, 5.41) is 10.2. The van der Waals surface area contributed by atoms with Crippen molar-refractivity contribution in [1.82, 2.24) is 0 Å². The molecular formula is C14H17FO2. The topological polar surface area (TPSA) is 29.5 Å². The van der Waals surface area contributed by atoms with Crippen LogP contribution in [0.5, 0.6) is 5.75 Å². The van der Waals surface area contributed by atoms with Gasteiger partial charge in [0.25, 0.3) is 0 Å². The Kier molecular flexibility index (Phi) is 2.40. The van der Waals surface area contributed by atoms with Crippen molar-refractivity contribution in [3.8, 4) is 5.75 Å². The Bertz CT molecular complexity index is 446. The van der Waals surface area contributed by atoms with E-state index in [0.29, 0.717) is 23.7 Å². The molecule has 0 saturated heterocycles. The Hall–Kier alpha value is -1.09. The largest absolute Gasteiger partial charge is 0.487 e. The highest BCUT2D eigenvalue weighted by atomic mass is 19.1. The summed E-state index contributed by atoms with van der Waals surface area (Å²) in [6.07, 6.45) is 3.26. The van der Waals surface area contributed by atoms with E-state index >= 15 is 0 Å². The van der Waals surface area contributed by atoms with Crippen molar-refractivity contribution in [2.75, 3.05) is 0 Å². The van der Waals surface area contributed by atoms with E-state index in [-0.39, 0.29) is 11.4 Å². The highest BCUT2D eigenvalue weighted by molar-refractivity contribution is 5.39. The van der Waals surface area contributed by atoms with Gasteiger partial charge >= 0.3 is 0 Å². The van der Waals surface area contributed by atoms with Gasteiger partial charge in [-0.2, -0.15) is 0 Å². The van der Waals surface area contributed by atoms with Crippen molar-refractivity contribution in [2.45, 2.75) is 44.3 Å². The van der Waals surface area contributed by atoms with Gasteiger partial charge in [-0.1, -0.05) is 6.92 Å². The van der Waals surface area contributed by atoms with Crippen molar-refractivity contribution in [1.29, 1.82) is 0 Å². The first-order chi connectivity index (χ1) is 8.11. The molecule has 1 fully saturated rings. The van der Waals surface area contributed by atoms with E-state index in [1.807, 2.05) is 0 Å². The quantitative estimate of drug-likeness (QED) is 0.749. The van der Waals surface area contributed by atoms with Crippen LogP contribution in [-0.4, -0.2) is 10.7 Å². The summed E-state index contributed by atoms with van der Waals surface area (Å²) in [5.41, 5.74) is 0.360. The zero-order valence-corrected chi connectivity index (χ0v) is 9.95. The summed E-state index contributed by atoms with van der Waals surface area (Å²) in [6.45, 7) is 2.17. The van der Waals surface area contributed by atoms with E-state index in [0.717, 1.165) is 19.3 Å². The number of fused-ring (bicyclic) bond motifs is 1. The molecule has 2 nitrogen and oxygen atoms in total. The third-order valence-corrected chi connectivity index (χ3v) is 4.32. The normalized spacial score (nSPS) is 35.7. The molecule has 17 heavy (non-hydrogen) atoms. The van der Waals surface area contributed by atoms with Crippen molar-refractivity contribution in [2.24, 2.45) is 5.92 Å². The van der Waals surface area contributed by atoms with Crippen LogP contribution >= 0.6 is 0 Å². The highest BCUT2D eigenvalue weighted by Gasteiger charge is 2.47. The molecule has 2 aliphatic rings. The van der Waals surface area contributed by atoms with E-state index in [1.54, 1.807) is 6.07 Å². The lowest BCUT2D eigenvalue weighted by molar-refractivity contribution is -0.0358. The molecule has 1 aromatic carbocycles. The zero-order chi connectivity index (χ0) is 12.0. The van der Waals surface area contributed by atoms with Crippen LogP contribution in [0.2, 0.25) is 0 Å². The second-order valence-electron chi connectivity index (χ2n) is 5.36. The van der Waals surface area contributed by atoms with Crippen LogP contribution in [0.15, 0.2) is 18.2 Å². The van der Waals surface area contributed by atoms with Gasteiger partial charge in [0.05, 0.1) is 6.10 Å². The van der Waals surface area contributed by atoms with Gasteiger partial charge in [0.2, 0.25) is 0 Å². The van der Waals surface area contributed by atoms with Crippen LogP contribution in [0.4, 0.5) is 4.39 Å². The summed E-state index contributed by atoms with van der Waals surface area (Å²) in [7, 11) is 0. The molecule has 1 spiro atoms. The van der Waals surface area contributed by atoms with Gasteiger partial charge in [0.1, 0.15) is 17.2 Å². The molecule has 1 heterocycles. The fourth-order valence-electron chi connectivity index (χ4n) is 3.24. The fraction of sp³-hybridized carbons (Fsp3) is 0.571. The summed E-state index contributed by atoms with van der Waals surface area (Å²) >= 11 is 0. The molecule has 1 aliphatic carbocycles. The molecule has 1 saturated carbocycles. The standard InChI is InChI=1S/C14H17FO2/c1-9-3-2-6-14(9)8-12(16)11-7-10(15)4-5-13(11)17-14/h4-5,7,9,12,16H,2-3,6,8H2,1H3. The van der Waals surface area contributed by atoms with Crippen LogP contribution < -0.4 is 4.74 Å². The zero-order valence-electron chi connectivity index (χ0n) is 9.95. The van der Waals surface area contributed by atoms with Gasteiger partial charge < -0.3 is 9.84 Å². The third-order valence-electron chi connectivity index (χ3n) is 4.32. The van der Waals surface area contributed by atoms with Crippen molar-refractivity contribution in [3.05, 3.63) is 29.6 Å². The van der Waals surface area contributed by atoms with E-state index in [2.05, 4.69) is 6.92 Å². The SMILES string of the molecule is CC1CCCC12CC(O)c1cc(F)ccc1O2. The lowest BCUT2D eigenvalue weighted by Crippen LogP contribution is -2.43. The number of ether oxygens (including phenoxy) is 1. The van der Waals surface area contributed by atoms with Crippen LogP contribution in [0, 0.1) is 11.7 Å². The van der Waals surface area contributed by atoms with Crippen molar-refractivity contribution >= 4 is 0 Å². The maximum absolute atomic E-state index is 13.1. The van der Waals surface area contributed by atoms with Gasteiger partial charge in [-0.05, 0) is 43.4 Å². The molecule has 0 aromatic heterocycles. The van der Waals surface area contributed by atoms with E-state index in [4.69, 9.17) is 4.74 Å². The summed E-state index contributed by atoms with van der Waals surface area (Å²) in [4.78, 5) is 0. The van der Waals surface area contributed by atoms with Crippen LogP contribution in [0.3, 0.4) is 0 Å². The van der Waals surface area contributed by atoms with E-state index in [1.165, 1.54) is 12.1 Å². The first-order valence-electron chi connectivity index (χ1n) is 6.27. The number of halogens is 1. The number of hydrogen-bond acceptors (Lipinski definition) is 2. The first kappa shape index (κ1) is 11.0. The van der Waals surface area contributed by atoms with Crippen LogP contribution in [-0.2, 0) is 0 Å². The minimum atomic E-state index is -0.602. The molecule has 92 valence electrons. The summed E-state index contributed by atoms with van der Waals surface area (Å²) < 4.78 is 19.2. The summed E-state index contributed by atoms with van der Waals surface area (Å²) in [5.74, 6) is 0.788. The Morgan fingerprint density at radius 2 is 2.29 bits per heavy atom. The predicted octanol–water partition coefficient (Wildman–Crippen LogP) is 3.20. The molecule has 0 radical (unpaired) electrons. The lowest BCUT2D eigenvalue weighted by Gasteiger charge is -2.41. The number of benzene rings is 1. The van der Waals surface area contributed by atoms with Crippen molar-refractivity contribution in [3.63, 3.8) is 0 Å². The van der Waals surface area contributed by atoms with Crippen LogP contribution in [0.1, 0.15) is 44.3 Å². The van der Waals surface area contributed by atoms with Gasteiger partial charge in [-0.25, -0.2) is 4.39 Å². The number of rotatable bonds is 0. The molecule has 1 N–H and O–H groups in total. The van der Waals surface area contributed by atoms with Gasteiger partial charge in [0.15, 0.2) is 0 Å². The van der Waals surface area contributed by atoms with E-state index < -0.39 is 6.10 Å². The lowest BCUT2D eigenvalue weighted by atomic mass is 9.82. The van der Waals surface area contributed by atoms with E-state index in [9.17, 15) is 9.50 Å². The molecule has 3 heteroatoms. The Morgan fingerprint density at radius 3 is 3.00 bits per heavy atom. The molecule has 1 aliphatic heterocycles. The van der Waals surface area contributed by atoms with Gasteiger partial charge in [-0.15, -0.1) is 0 Å². The average Bonchev–Trinajstić information content (AvgIpc) is 2.62.